The van der Waals surface area contributed by atoms with E-state index in [2.05, 4.69) is 15.3 Å². The Morgan fingerprint density at radius 3 is 2.76 bits per heavy atom. The van der Waals surface area contributed by atoms with Gasteiger partial charge in [-0.3, -0.25) is 0 Å². The Bertz CT molecular complexity index is 599. The molecule has 2 rings (SSSR count). The van der Waals surface area contributed by atoms with E-state index >= 15 is 0 Å². The number of anilines is 1. The minimum Gasteiger partial charge on any atom is -0.481 e. The van der Waals surface area contributed by atoms with Crippen molar-refractivity contribution >= 4 is 35.6 Å². The molecule has 0 saturated heterocycles. The van der Waals surface area contributed by atoms with Crippen LogP contribution >= 0.6 is 24.0 Å². The number of nitrogens with one attached hydrogen (secondary N) is 1. The molecule has 0 unspecified atom stereocenters. The summed E-state index contributed by atoms with van der Waals surface area (Å²) < 4.78 is 5.00. The molecular formula is C15H19IN4O. The summed E-state index contributed by atoms with van der Waals surface area (Å²) in [6.07, 6.45) is 1.72. The maximum Gasteiger partial charge on any atom is 0.212 e. The first kappa shape index (κ1) is 17.2. The lowest BCUT2D eigenvalue weighted by molar-refractivity contribution is 0.397. The van der Waals surface area contributed by atoms with E-state index in [0.29, 0.717) is 18.4 Å². The topological polar surface area (TPSA) is 72.5 Å². The predicted molar refractivity (Wildman–Crippen MR) is 96.3 cm³/mol. The normalized spacial score (nSPS) is 10.7. The van der Waals surface area contributed by atoms with Gasteiger partial charge in [0.2, 0.25) is 5.88 Å². The second kappa shape index (κ2) is 8.46. The van der Waals surface area contributed by atoms with Crippen LogP contribution < -0.4 is 15.8 Å². The highest BCUT2D eigenvalue weighted by Crippen LogP contribution is 2.10. The van der Waals surface area contributed by atoms with Crippen LogP contribution in [0, 0.1) is 6.92 Å². The van der Waals surface area contributed by atoms with Crippen molar-refractivity contribution in [1.29, 1.82) is 0 Å². The number of aliphatic imine (C=N–C) groups is 1. The molecule has 2 aromatic rings. The molecule has 1 heterocycles. The molecule has 0 amide bonds. The van der Waals surface area contributed by atoms with Crippen LogP contribution in [0.2, 0.25) is 0 Å². The number of nitrogens with zero attached hydrogens (tertiary/aromatic N) is 2. The second-order valence-corrected chi connectivity index (χ2v) is 4.40. The number of guanidine groups is 1. The summed E-state index contributed by atoms with van der Waals surface area (Å²) in [5.74, 6) is 0.968. The number of methoxy groups -OCH3 is 1. The molecular weight excluding hydrogens is 379 g/mol. The van der Waals surface area contributed by atoms with Crippen LogP contribution in [0.1, 0.15) is 11.1 Å². The van der Waals surface area contributed by atoms with E-state index in [-0.39, 0.29) is 24.0 Å². The zero-order valence-electron chi connectivity index (χ0n) is 12.0. The van der Waals surface area contributed by atoms with Crippen molar-refractivity contribution in [1.82, 2.24) is 4.98 Å². The largest absolute Gasteiger partial charge is 0.481 e. The predicted octanol–water partition coefficient (Wildman–Crippen LogP) is 2.94. The molecule has 6 heteroatoms. The first-order chi connectivity index (χ1) is 9.67. The maximum atomic E-state index is 5.85. The monoisotopic (exact) mass is 398 g/mol. The number of halogens is 1. The van der Waals surface area contributed by atoms with Gasteiger partial charge in [0.1, 0.15) is 0 Å². The third kappa shape index (κ3) is 5.58. The van der Waals surface area contributed by atoms with Gasteiger partial charge < -0.3 is 15.8 Å². The van der Waals surface area contributed by atoms with Crippen molar-refractivity contribution < 1.29 is 4.74 Å². The van der Waals surface area contributed by atoms with Gasteiger partial charge in [0.05, 0.1) is 13.7 Å². The summed E-state index contributed by atoms with van der Waals surface area (Å²) in [5.41, 5.74) is 8.92. The average molecular weight is 398 g/mol. The van der Waals surface area contributed by atoms with Crippen molar-refractivity contribution in [2.24, 2.45) is 10.7 Å². The van der Waals surface area contributed by atoms with Gasteiger partial charge in [-0.2, -0.15) is 0 Å². The van der Waals surface area contributed by atoms with Gasteiger partial charge >= 0.3 is 0 Å². The van der Waals surface area contributed by atoms with Crippen molar-refractivity contribution in [2.75, 3.05) is 12.4 Å². The number of pyridine rings is 1. The van der Waals surface area contributed by atoms with Crippen molar-refractivity contribution in [3.05, 3.63) is 53.7 Å². The van der Waals surface area contributed by atoms with Crippen molar-refractivity contribution in [2.45, 2.75) is 13.5 Å². The summed E-state index contributed by atoms with van der Waals surface area (Å²) in [7, 11) is 1.59. The Labute approximate surface area is 141 Å². The molecule has 0 spiro atoms. The lowest BCUT2D eigenvalue weighted by Crippen LogP contribution is -2.22. The number of aryl methyl sites for hydroxylation is 1. The summed E-state index contributed by atoms with van der Waals surface area (Å²) in [4.78, 5) is 8.40. The highest BCUT2D eigenvalue weighted by Gasteiger charge is 1.97. The van der Waals surface area contributed by atoms with Gasteiger partial charge in [-0.15, -0.1) is 24.0 Å². The van der Waals surface area contributed by atoms with Crippen LogP contribution in [-0.2, 0) is 6.54 Å². The van der Waals surface area contributed by atoms with E-state index in [1.165, 1.54) is 5.56 Å². The molecule has 0 aliphatic carbocycles. The van der Waals surface area contributed by atoms with Crippen LogP contribution in [0.25, 0.3) is 0 Å². The number of rotatable bonds is 4. The van der Waals surface area contributed by atoms with Gasteiger partial charge in [-0.1, -0.05) is 18.2 Å². The highest BCUT2D eigenvalue weighted by molar-refractivity contribution is 14.0. The fourth-order valence-corrected chi connectivity index (χ4v) is 1.71. The van der Waals surface area contributed by atoms with E-state index in [9.17, 15) is 0 Å². The van der Waals surface area contributed by atoms with E-state index in [4.69, 9.17) is 10.5 Å². The average Bonchev–Trinajstić information content (AvgIpc) is 2.46. The zero-order chi connectivity index (χ0) is 14.4. The smallest absolute Gasteiger partial charge is 0.212 e. The standard InChI is InChI=1S/C15H18N4O.HI/c1-11-4-3-5-13(8-11)19-15(16)18-10-12-6-7-14(20-2)17-9-12;/h3-9H,10H2,1-2H3,(H3,16,18,19);1H. The quantitative estimate of drug-likeness (QED) is 0.472. The molecule has 5 nitrogen and oxygen atoms in total. The molecule has 112 valence electrons. The third-order valence-electron chi connectivity index (χ3n) is 2.73. The molecule has 1 aromatic carbocycles. The molecule has 0 fully saturated rings. The lowest BCUT2D eigenvalue weighted by atomic mass is 10.2. The van der Waals surface area contributed by atoms with Crippen LogP contribution in [0.4, 0.5) is 5.69 Å². The molecule has 0 aliphatic heterocycles. The van der Waals surface area contributed by atoms with Gasteiger partial charge in [-0.05, 0) is 30.2 Å². The Kier molecular flexibility index (Phi) is 6.93. The number of benzene rings is 1. The Hall–Kier alpha value is -1.83. The molecule has 3 N–H and O–H groups in total. The lowest BCUT2D eigenvalue weighted by Gasteiger charge is -2.06. The minimum atomic E-state index is 0. The molecule has 0 atom stereocenters. The fourth-order valence-electron chi connectivity index (χ4n) is 1.71. The van der Waals surface area contributed by atoms with Gasteiger partial charge in [-0.25, -0.2) is 9.98 Å². The maximum absolute atomic E-state index is 5.85. The molecule has 0 aliphatic rings. The first-order valence-corrected chi connectivity index (χ1v) is 6.30. The van der Waals surface area contributed by atoms with Gasteiger partial charge in [0, 0.05) is 18.0 Å². The van der Waals surface area contributed by atoms with Gasteiger partial charge in [0.25, 0.3) is 0 Å². The van der Waals surface area contributed by atoms with E-state index in [1.54, 1.807) is 19.4 Å². The molecule has 21 heavy (non-hydrogen) atoms. The number of ether oxygens (including phenoxy) is 1. The SMILES string of the molecule is COc1ccc(CN=C(N)Nc2cccc(C)c2)cn1.I. The van der Waals surface area contributed by atoms with Crippen molar-refractivity contribution in [3.8, 4) is 5.88 Å². The molecule has 0 radical (unpaired) electrons. The van der Waals surface area contributed by atoms with Crippen molar-refractivity contribution in [3.63, 3.8) is 0 Å². The number of aromatic nitrogens is 1. The van der Waals surface area contributed by atoms with E-state index < -0.39 is 0 Å². The second-order valence-electron chi connectivity index (χ2n) is 4.40. The summed E-state index contributed by atoms with van der Waals surface area (Å²) in [6, 6.07) is 11.7. The minimum absolute atomic E-state index is 0. The Morgan fingerprint density at radius 2 is 2.14 bits per heavy atom. The van der Waals surface area contributed by atoms with Crippen LogP contribution in [-0.4, -0.2) is 18.1 Å². The third-order valence-corrected chi connectivity index (χ3v) is 2.73. The van der Waals surface area contributed by atoms with E-state index in [1.807, 2.05) is 37.3 Å². The Balaban J connectivity index is 0.00000220. The zero-order valence-corrected chi connectivity index (χ0v) is 14.4. The molecule has 0 bridgehead atoms. The van der Waals surface area contributed by atoms with Crippen LogP contribution in [0.3, 0.4) is 0 Å². The summed E-state index contributed by atoms with van der Waals surface area (Å²) >= 11 is 0. The number of hydrogen-bond acceptors (Lipinski definition) is 3. The number of hydrogen-bond donors (Lipinski definition) is 2. The highest BCUT2D eigenvalue weighted by atomic mass is 127. The molecule has 0 saturated carbocycles. The van der Waals surface area contributed by atoms with E-state index in [0.717, 1.165) is 11.3 Å². The van der Waals surface area contributed by atoms with Crippen LogP contribution in [0.5, 0.6) is 5.88 Å². The first-order valence-electron chi connectivity index (χ1n) is 6.30. The number of nitrogens with two attached hydrogens (primary N) is 1. The molecule has 1 aromatic heterocycles. The summed E-state index contributed by atoms with van der Waals surface area (Å²) in [5, 5.41) is 3.06. The van der Waals surface area contributed by atoms with Crippen LogP contribution in [0.15, 0.2) is 47.6 Å². The fraction of sp³-hybridized carbons (Fsp3) is 0.200. The summed E-state index contributed by atoms with van der Waals surface area (Å²) in [6.45, 7) is 2.50. The van der Waals surface area contributed by atoms with Gasteiger partial charge in [0.15, 0.2) is 5.96 Å². The Morgan fingerprint density at radius 1 is 1.33 bits per heavy atom.